The van der Waals surface area contributed by atoms with Gasteiger partial charge in [0, 0.05) is 11.3 Å². The molecule has 0 aliphatic rings. The summed E-state index contributed by atoms with van der Waals surface area (Å²) in [6.45, 7) is 1.89. The molecule has 168 valence electrons. The fourth-order valence-electron chi connectivity index (χ4n) is 3.39. The number of anilines is 1. The molecular weight excluding hydrogens is 448 g/mol. The van der Waals surface area contributed by atoms with Gasteiger partial charge < -0.3 is 9.50 Å². The summed E-state index contributed by atoms with van der Waals surface area (Å²) in [5.74, 6) is -0.605. The molecule has 0 saturated carbocycles. The highest BCUT2D eigenvalue weighted by Gasteiger charge is 2.19. The van der Waals surface area contributed by atoms with Gasteiger partial charge in [0.25, 0.3) is 5.91 Å². The first-order chi connectivity index (χ1) is 16.4. The van der Waals surface area contributed by atoms with Crippen LogP contribution in [0.15, 0.2) is 101 Å². The topological polar surface area (TPSA) is 96.3 Å². The van der Waals surface area contributed by atoms with Crippen molar-refractivity contribution in [3.8, 4) is 11.8 Å². The Morgan fingerprint density at radius 3 is 2.41 bits per heavy atom. The second-order valence-corrected chi connectivity index (χ2v) is 9.12. The van der Waals surface area contributed by atoms with Crippen molar-refractivity contribution in [2.24, 2.45) is 0 Å². The first kappa shape index (κ1) is 22.8. The number of carbonyl (C=O) groups excluding carboxylic acids is 1. The number of hydrogen-bond acceptors (Lipinski definition) is 5. The Morgan fingerprint density at radius 1 is 0.912 bits per heavy atom. The fourth-order valence-corrected chi connectivity index (χ4v) is 4.38. The van der Waals surface area contributed by atoms with Gasteiger partial charge in [0.2, 0.25) is 0 Å². The van der Waals surface area contributed by atoms with Crippen molar-refractivity contribution in [1.29, 1.82) is 5.26 Å². The molecule has 1 N–H and O–H groups in total. The normalized spacial score (nSPS) is 11.6. The van der Waals surface area contributed by atoms with Gasteiger partial charge in [-0.05, 0) is 59.7 Å². The highest BCUT2D eigenvalue weighted by Crippen LogP contribution is 2.27. The molecule has 7 heteroatoms. The maximum Gasteiger partial charge on any atom is 0.339 e. The van der Waals surface area contributed by atoms with Gasteiger partial charge in [-0.2, -0.15) is 13.7 Å². The van der Waals surface area contributed by atoms with E-state index < -0.39 is 16.0 Å². The third kappa shape index (κ3) is 5.14. The average Bonchev–Trinajstić information content (AvgIpc) is 2.83. The highest BCUT2D eigenvalue weighted by atomic mass is 32.2. The predicted molar refractivity (Wildman–Crippen MR) is 132 cm³/mol. The number of nitriles is 1. The van der Waals surface area contributed by atoms with E-state index in [4.69, 9.17) is 4.18 Å². The molecular formula is C27H20N2O4S. The predicted octanol–water partition coefficient (Wildman–Crippen LogP) is 5.46. The number of nitrogens with one attached hydrogen (secondary N) is 1. The monoisotopic (exact) mass is 468 g/mol. The molecule has 4 aromatic carbocycles. The van der Waals surface area contributed by atoms with Crippen LogP contribution in [0.3, 0.4) is 0 Å². The molecule has 6 nitrogen and oxygen atoms in total. The Hall–Kier alpha value is -4.41. The van der Waals surface area contributed by atoms with Gasteiger partial charge in [-0.15, -0.1) is 0 Å². The quantitative estimate of drug-likeness (QED) is 0.230. The van der Waals surface area contributed by atoms with E-state index in [0.717, 1.165) is 16.3 Å². The molecule has 4 aromatic rings. The second kappa shape index (κ2) is 9.61. The molecule has 34 heavy (non-hydrogen) atoms. The minimum atomic E-state index is -4.16. The highest BCUT2D eigenvalue weighted by molar-refractivity contribution is 7.87. The summed E-state index contributed by atoms with van der Waals surface area (Å²) in [5.41, 5.74) is 1.59. The molecule has 0 unspecified atom stereocenters. The van der Waals surface area contributed by atoms with Crippen LogP contribution in [0.1, 0.15) is 11.1 Å². The summed E-state index contributed by atoms with van der Waals surface area (Å²) in [6, 6.07) is 27.5. The summed E-state index contributed by atoms with van der Waals surface area (Å²) in [5, 5.41) is 13.9. The van der Waals surface area contributed by atoms with Gasteiger partial charge >= 0.3 is 10.1 Å². The van der Waals surface area contributed by atoms with Crippen LogP contribution >= 0.6 is 0 Å². The van der Waals surface area contributed by atoms with Crippen LogP contribution in [0.5, 0.6) is 5.75 Å². The number of nitrogens with zero attached hydrogens (tertiary/aromatic N) is 1. The lowest BCUT2D eigenvalue weighted by Gasteiger charge is -2.11. The molecule has 1 amide bonds. The maximum atomic E-state index is 13.0. The number of para-hydroxylation sites is 1. The van der Waals surface area contributed by atoms with Crippen molar-refractivity contribution in [2.75, 3.05) is 5.32 Å². The van der Waals surface area contributed by atoms with E-state index in [1.54, 1.807) is 48.5 Å². The van der Waals surface area contributed by atoms with E-state index in [1.165, 1.54) is 18.2 Å². The Kier molecular flexibility index (Phi) is 6.44. The molecule has 0 aromatic heterocycles. The lowest BCUT2D eigenvalue weighted by molar-refractivity contribution is -0.112. The van der Waals surface area contributed by atoms with Gasteiger partial charge in [-0.25, -0.2) is 0 Å². The molecule has 0 fully saturated rings. The van der Waals surface area contributed by atoms with Crippen molar-refractivity contribution in [3.63, 3.8) is 0 Å². The summed E-state index contributed by atoms with van der Waals surface area (Å²) < 4.78 is 31.4. The number of aryl methyl sites for hydroxylation is 1. The number of amides is 1. The Bertz CT molecular complexity index is 1570. The molecule has 0 radical (unpaired) electrons. The Labute approximate surface area is 197 Å². The van der Waals surface area contributed by atoms with Gasteiger partial charge in [0.1, 0.15) is 22.3 Å². The van der Waals surface area contributed by atoms with E-state index in [1.807, 2.05) is 43.3 Å². The standard InChI is InChI=1S/C27H20N2O4S/c1-19-7-6-11-24(15-19)29-27(30)23(18-28)16-22-10-4-5-12-26(22)33-34(31,32)25-14-13-20-8-2-3-9-21(20)17-25/h2-17H,1H3,(H,29,30)/b23-16+. The van der Waals surface area contributed by atoms with Crippen LogP contribution in [0.25, 0.3) is 16.8 Å². The zero-order valence-electron chi connectivity index (χ0n) is 18.2. The first-order valence-electron chi connectivity index (χ1n) is 10.4. The number of hydrogen-bond donors (Lipinski definition) is 1. The summed E-state index contributed by atoms with van der Waals surface area (Å²) in [4.78, 5) is 12.6. The average molecular weight is 469 g/mol. The summed E-state index contributed by atoms with van der Waals surface area (Å²) in [7, 11) is -4.16. The van der Waals surface area contributed by atoms with Crippen LogP contribution in [-0.4, -0.2) is 14.3 Å². The minimum absolute atomic E-state index is 0.00248. The van der Waals surface area contributed by atoms with Crippen molar-refractivity contribution < 1.29 is 17.4 Å². The van der Waals surface area contributed by atoms with E-state index in [-0.39, 0.29) is 21.8 Å². The lowest BCUT2D eigenvalue weighted by atomic mass is 10.1. The van der Waals surface area contributed by atoms with Crippen LogP contribution in [-0.2, 0) is 14.9 Å². The van der Waals surface area contributed by atoms with Crippen LogP contribution < -0.4 is 9.50 Å². The van der Waals surface area contributed by atoms with Crippen LogP contribution in [0.4, 0.5) is 5.69 Å². The molecule has 0 heterocycles. The first-order valence-corrected chi connectivity index (χ1v) is 11.8. The lowest BCUT2D eigenvalue weighted by Crippen LogP contribution is -2.14. The van der Waals surface area contributed by atoms with Gasteiger partial charge in [0.05, 0.1) is 0 Å². The molecule has 4 rings (SSSR count). The smallest absolute Gasteiger partial charge is 0.339 e. The molecule has 0 spiro atoms. The second-order valence-electron chi connectivity index (χ2n) is 7.58. The SMILES string of the molecule is Cc1cccc(NC(=O)/C(C#N)=C/c2ccccc2OS(=O)(=O)c2ccc3ccccc3c2)c1. The van der Waals surface area contributed by atoms with Gasteiger partial charge in [-0.1, -0.05) is 60.7 Å². The summed E-state index contributed by atoms with van der Waals surface area (Å²) >= 11 is 0. The van der Waals surface area contributed by atoms with Crippen LogP contribution in [0.2, 0.25) is 0 Å². The number of fused-ring (bicyclic) bond motifs is 1. The zero-order valence-corrected chi connectivity index (χ0v) is 19.0. The van der Waals surface area contributed by atoms with Gasteiger partial charge in [0.15, 0.2) is 0 Å². The third-order valence-corrected chi connectivity index (χ3v) is 6.30. The Balaban J connectivity index is 1.63. The van der Waals surface area contributed by atoms with Crippen molar-refractivity contribution >= 4 is 38.6 Å². The zero-order chi connectivity index (χ0) is 24.1. The van der Waals surface area contributed by atoms with Crippen molar-refractivity contribution in [1.82, 2.24) is 0 Å². The molecule has 0 aliphatic heterocycles. The number of benzene rings is 4. The van der Waals surface area contributed by atoms with E-state index in [9.17, 15) is 18.5 Å². The fraction of sp³-hybridized carbons (Fsp3) is 0.0370. The molecule has 0 aliphatic carbocycles. The maximum absolute atomic E-state index is 13.0. The van der Waals surface area contributed by atoms with E-state index in [2.05, 4.69) is 5.32 Å². The Morgan fingerprint density at radius 2 is 1.65 bits per heavy atom. The van der Waals surface area contributed by atoms with E-state index >= 15 is 0 Å². The molecule has 0 atom stereocenters. The van der Waals surface area contributed by atoms with Crippen molar-refractivity contribution in [3.05, 3.63) is 108 Å². The van der Waals surface area contributed by atoms with Crippen LogP contribution in [0, 0.1) is 18.3 Å². The summed E-state index contributed by atoms with van der Waals surface area (Å²) in [6.07, 6.45) is 1.30. The molecule has 0 bridgehead atoms. The van der Waals surface area contributed by atoms with Gasteiger partial charge in [-0.3, -0.25) is 4.79 Å². The molecule has 0 saturated heterocycles. The number of rotatable bonds is 6. The largest absolute Gasteiger partial charge is 0.378 e. The van der Waals surface area contributed by atoms with Crippen molar-refractivity contribution in [2.45, 2.75) is 11.8 Å². The number of carbonyl (C=O) groups is 1. The third-order valence-electron chi connectivity index (χ3n) is 5.07. The minimum Gasteiger partial charge on any atom is -0.378 e. The van der Waals surface area contributed by atoms with E-state index in [0.29, 0.717) is 5.69 Å².